The van der Waals surface area contributed by atoms with Gasteiger partial charge in [-0.2, -0.15) is 11.8 Å². The van der Waals surface area contributed by atoms with Crippen molar-refractivity contribution in [3.8, 4) is 0 Å². The number of aliphatic hydroxyl groups is 3. The zero-order valence-electron chi connectivity index (χ0n) is 4.82. The molecule has 3 nitrogen and oxygen atoms in total. The Balaban J connectivity index is 2.41. The first-order valence-corrected chi connectivity index (χ1v) is 3.86. The minimum Gasteiger partial charge on any atom is -0.389 e. The van der Waals surface area contributed by atoms with E-state index < -0.39 is 12.2 Å². The quantitative estimate of drug-likeness (QED) is 0.429. The standard InChI is InChI=1S/C5H9O3S/c6-3-1-9-2-4(7)5(3)8/h3,5-8H,1-2H2/t3-,5+/m0/s1. The van der Waals surface area contributed by atoms with Gasteiger partial charge in [0.1, 0.15) is 12.2 Å². The molecule has 1 saturated heterocycles. The molecule has 1 heterocycles. The van der Waals surface area contributed by atoms with Crippen molar-refractivity contribution in [1.82, 2.24) is 0 Å². The van der Waals surface area contributed by atoms with Crippen LogP contribution < -0.4 is 0 Å². The summed E-state index contributed by atoms with van der Waals surface area (Å²) in [6, 6.07) is 0. The van der Waals surface area contributed by atoms with E-state index in [1.165, 1.54) is 11.8 Å². The highest BCUT2D eigenvalue weighted by Crippen LogP contribution is 2.22. The zero-order chi connectivity index (χ0) is 6.85. The molecular formula is C5H9O3S. The summed E-state index contributed by atoms with van der Waals surface area (Å²) in [5, 5.41) is 26.6. The SMILES string of the molecule is O[C]1CSC[C@H](O)[C@H]1O. The van der Waals surface area contributed by atoms with Crippen LogP contribution >= 0.6 is 11.8 Å². The number of hydrogen-bond donors (Lipinski definition) is 3. The fourth-order valence-corrected chi connectivity index (χ4v) is 1.60. The second-order valence-corrected chi connectivity index (χ2v) is 3.05. The van der Waals surface area contributed by atoms with Gasteiger partial charge in [-0.1, -0.05) is 0 Å². The molecule has 0 aromatic rings. The molecule has 1 radical (unpaired) electrons. The van der Waals surface area contributed by atoms with E-state index in [1.54, 1.807) is 0 Å². The van der Waals surface area contributed by atoms with Gasteiger partial charge in [0.15, 0.2) is 0 Å². The van der Waals surface area contributed by atoms with Crippen LogP contribution in [0.5, 0.6) is 0 Å². The third kappa shape index (κ3) is 1.58. The Bertz CT molecular complexity index is 88.2. The Labute approximate surface area is 57.7 Å². The maximum atomic E-state index is 8.90. The van der Waals surface area contributed by atoms with Crippen molar-refractivity contribution in [1.29, 1.82) is 0 Å². The molecule has 0 bridgehead atoms. The molecule has 4 heteroatoms. The van der Waals surface area contributed by atoms with Gasteiger partial charge < -0.3 is 15.3 Å². The minimum atomic E-state index is -1.02. The van der Waals surface area contributed by atoms with Gasteiger partial charge in [0, 0.05) is 11.5 Å². The maximum Gasteiger partial charge on any atom is 0.134 e. The van der Waals surface area contributed by atoms with Crippen molar-refractivity contribution in [2.24, 2.45) is 0 Å². The second kappa shape index (κ2) is 2.88. The highest BCUT2D eigenvalue weighted by atomic mass is 32.2. The Kier molecular flexibility index (Phi) is 2.35. The molecule has 1 rings (SSSR count). The topological polar surface area (TPSA) is 60.7 Å². The lowest BCUT2D eigenvalue weighted by atomic mass is 10.1. The van der Waals surface area contributed by atoms with E-state index in [0.29, 0.717) is 11.5 Å². The van der Waals surface area contributed by atoms with Crippen LogP contribution in [-0.4, -0.2) is 39.0 Å². The van der Waals surface area contributed by atoms with Crippen LogP contribution in [0.2, 0.25) is 0 Å². The van der Waals surface area contributed by atoms with Crippen LogP contribution in [-0.2, 0) is 0 Å². The fourth-order valence-electron chi connectivity index (χ4n) is 0.683. The molecule has 9 heavy (non-hydrogen) atoms. The summed E-state index contributed by atoms with van der Waals surface area (Å²) in [5.41, 5.74) is 0. The first kappa shape index (κ1) is 7.34. The van der Waals surface area contributed by atoms with Gasteiger partial charge in [-0.05, 0) is 0 Å². The van der Waals surface area contributed by atoms with E-state index in [-0.39, 0.29) is 6.10 Å². The smallest absolute Gasteiger partial charge is 0.134 e. The van der Waals surface area contributed by atoms with Crippen molar-refractivity contribution >= 4 is 11.8 Å². The molecule has 53 valence electrons. The number of hydrogen-bond acceptors (Lipinski definition) is 4. The monoisotopic (exact) mass is 149 g/mol. The number of aliphatic hydroxyl groups excluding tert-OH is 3. The van der Waals surface area contributed by atoms with Crippen molar-refractivity contribution < 1.29 is 15.3 Å². The van der Waals surface area contributed by atoms with Gasteiger partial charge >= 0.3 is 0 Å². The summed E-state index contributed by atoms with van der Waals surface area (Å²) < 4.78 is 0. The minimum absolute atomic E-state index is 0.0150. The summed E-state index contributed by atoms with van der Waals surface area (Å²) in [6.07, 6.45) is -1.83. The van der Waals surface area contributed by atoms with Gasteiger partial charge in [0.25, 0.3) is 0 Å². The molecule has 0 spiro atoms. The lowest BCUT2D eigenvalue weighted by molar-refractivity contribution is 0.00211. The molecule has 0 saturated carbocycles. The Hall–Kier alpha value is 0.230. The average Bonchev–Trinajstić information content (AvgIpc) is 1.83. The van der Waals surface area contributed by atoms with Crippen LogP contribution in [0.1, 0.15) is 0 Å². The number of thioether (sulfide) groups is 1. The van der Waals surface area contributed by atoms with Gasteiger partial charge in [-0.15, -0.1) is 0 Å². The molecule has 3 N–H and O–H groups in total. The van der Waals surface area contributed by atoms with Crippen LogP contribution in [0.25, 0.3) is 0 Å². The third-order valence-electron chi connectivity index (χ3n) is 1.24. The highest BCUT2D eigenvalue weighted by molar-refractivity contribution is 7.99. The summed E-state index contributed by atoms with van der Waals surface area (Å²) in [6.45, 7) is 0. The Morgan fingerprint density at radius 1 is 1.44 bits per heavy atom. The third-order valence-corrected chi connectivity index (χ3v) is 2.32. The lowest BCUT2D eigenvalue weighted by Gasteiger charge is -2.26. The lowest BCUT2D eigenvalue weighted by Crippen LogP contribution is -2.38. The van der Waals surface area contributed by atoms with Crippen molar-refractivity contribution in [3.63, 3.8) is 0 Å². The van der Waals surface area contributed by atoms with Gasteiger partial charge in [0.05, 0.1) is 6.10 Å². The molecule has 1 aliphatic rings. The zero-order valence-corrected chi connectivity index (χ0v) is 5.64. The molecule has 0 amide bonds. The van der Waals surface area contributed by atoms with Crippen molar-refractivity contribution in [2.45, 2.75) is 12.2 Å². The van der Waals surface area contributed by atoms with E-state index in [0.717, 1.165) is 0 Å². The van der Waals surface area contributed by atoms with Gasteiger partial charge in [-0.25, -0.2) is 0 Å². The average molecular weight is 149 g/mol. The molecule has 0 aromatic carbocycles. The summed E-state index contributed by atoms with van der Waals surface area (Å²) in [7, 11) is 0. The predicted octanol–water partition coefficient (Wildman–Crippen LogP) is -0.641. The van der Waals surface area contributed by atoms with Crippen LogP contribution in [0.15, 0.2) is 0 Å². The van der Waals surface area contributed by atoms with E-state index in [2.05, 4.69) is 0 Å². The summed E-state index contributed by atoms with van der Waals surface area (Å²) in [4.78, 5) is 0. The van der Waals surface area contributed by atoms with Gasteiger partial charge in [0.2, 0.25) is 0 Å². The largest absolute Gasteiger partial charge is 0.389 e. The van der Waals surface area contributed by atoms with Gasteiger partial charge in [-0.3, -0.25) is 0 Å². The van der Waals surface area contributed by atoms with Crippen molar-refractivity contribution in [3.05, 3.63) is 6.10 Å². The predicted molar refractivity (Wildman–Crippen MR) is 34.5 cm³/mol. The molecule has 1 fully saturated rings. The Morgan fingerprint density at radius 3 is 2.56 bits per heavy atom. The molecule has 0 aliphatic carbocycles. The molecule has 0 unspecified atom stereocenters. The molecule has 1 aliphatic heterocycles. The number of rotatable bonds is 0. The van der Waals surface area contributed by atoms with E-state index >= 15 is 0 Å². The van der Waals surface area contributed by atoms with E-state index in [1.807, 2.05) is 0 Å². The van der Waals surface area contributed by atoms with Crippen LogP contribution in [0.3, 0.4) is 0 Å². The first-order chi connectivity index (χ1) is 4.22. The molecular weight excluding hydrogens is 140 g/mol. The second-order valence-electron chi connectivity index (χ2n) is 2.02. The van der Waals surface area contributed by atoms with Crippen molar-refractivity contribution in [2.75, 3.05) is 11.5 Å². The van der Waals surface area contributed by atoms with Crippen LogP contribution in [0, 0.1) is 6.10 Å². The molecule has 0 aromatic heterocycles. The van der Waals surface area contributed by atoms with E-state index in [4.69, 9.17) is 15.3 Å². The summed E-state index contributed by atoms with van der Waals surface area (Å²) >= 11 is 1.42. The highest BCUT2D eigenvalue weighted by Gasteiger charge is 2.29. The normalized spacial score (nSPS) is 39.0. The summed E-state index contributed by atoms with van der Waals surface area (Å²) in [5.74, 6) is 0.948. The maximum absolute atomic E-state index is 8.90. The fraction of sp³-hybridized carbons (Fsp3) is 0.800. The van der Waals surface area contributed by atoms with E-state index in [9.17, 15) is 0 Å². The van der Waals surface area contributed by atoms with Crippen LogP contribution in [0.4, 0.5) is 0 Å². The Morgan fingerprint density at radius 2 is 2.11 bits per heavy atom. The molecule has 2 atom stereocenters. The first-order valence-electron chi connectivity index (χ1n) is 2.70.